The van der Waals surface area contributed by atoms with Crippen molar-refractivity contribution >= 4 is 0 Å². The zero-order valence-electron chi connectivity index (χ0n) is 16.4. The standard InChI is InChI=1S/C26H26O3/c1-3-9-21(10-4-1)19-27-23-15-17-24(18-16-23)29-26-14-8-7-13-25(26)28-20-22-11-5-2-6-12-22/h1-6,8-12,14-18,25-26H,7,13,19-20H2. The number of rotatable bonds is 8. The fourth-order valence-corrected chi connectivity index (χ4v) is 3.36. The lowest BCUT2D eigenvalue weighted by molar-refractivity contribution is -0.0247. The number of ether oxygens (including phenoxy) is 3. The second-order valence-electron chi connectivity index (χ2n) is 7.17. The van der Waals surface area contributed by atoms with Crippen molar-refractivity contribution in [3.63, 3.8) is 0 Å². The molecule has 0 bridgehead atoms. The molecule has 148 valence electrons. The van der Waals surface area contributed by atoms with Gasteiger partial charge in [-0.1, -0.05) is 66.7 Å². The average molecular weight is 386 g/mol. The molecule has 0 saturated heterocycles. The summed E-state index contributed by atoms with van der Waals surface area (Å²) in [5.41, 5.74) is 2.33. The van der Waals surface area contributed by atoms with Crippen LogP contribution in [0.5, 0.6) is 11.5 Å². The molecule has 0 radical (unpaired) electrons. The molecule has 0 N–H and O–H groups in total. The second-order valence-corrected chi connectivity index (χ2v) is 7.17. The van der Waals surface area contributed by atoms with E-state index in [2.05, 4.69) is 36.4 Å². The first-order chi connectivity index (χ1) is 14.4. The van der Waals surface area contributed by atoms with E-state index in [0.29, 0.717) is 13.2 Å². The molecule has 29 heavy (non-hydrogen) atoms. The van der Waals surface area contributed by atoms with Crippen molar-refractivity contribution in [1.82, 2.24) is 0 Å². The van der Waals surface area contributed by atoms with Crippen LogP contribution in [0.4, 0.5) is 0 Å². The molecule has 4 rings (SSSR count). The maximum absolute atomic E-state index is 6.21. The molecule has 1 aliphatic carbocycles. The Morgan fingerprint density at radius 1 is 0.690 bits per heavy atom. The van der Waals surface area contributed by atoms with Gasteiger partial charge in [0.2, 0.25) is 0 Å². The van der Waals surface area contributed by atoms with Gasteiger partial charge in [0.1, 0.15) is 24.2 Å². The number of benzene rings is 3. The van der Waals surface area contributed by atoms with Gasteiger partial charge in [0.15, 0.2) is 0 Å². The zero-order valence-corrected chi connectivity index (χ0v) is 16.4. The molecule has 0 aliphatic heterocycles. The van der Waals surface area contributed by atoms with E-state index in [0.717, 1.165) is 29.9 Å². The lowest BCUT2D eigenvalue weighted by atomic mass is 10.0. The van der Waals surface area contributed by atoms with Gasteiger partial charge in [0.05, 0.1) is 12.7 Å². The highest BCUT2D eigenvalue weighted by atomic mass is 16.5. The van der Waals surface area contributed by atoms with E-state index in [9.17, 15) is 0 Å². The number of hydrogen-bond acceptors (Lipinski definition) is 3. The van der Waals surface area contributed by atoms with Crippen LogP contribution in [0.15, 0.2) is 97.1 Å². The highest BCUT2D eigenvalue weighted by Gasteiger charge is 2.24. The van der Waals surface area contributed by atoms with Gasteiger partial charge in [-0.15, -0.1) is 0 Å². The summed E-state index contributed by atoms with van der Waals surface area (Å²) in [6, 6.07) is 28.2. The molecule has 0 heterocycles. The Hall–Kier alpha value is -3.04. The Kier molecular flexibility index (Phi) is 6.61. The summed E-state index contributed by atoms with van der Waals surface area (Å²) < 4.78 is 18.2. The van der Waals surface area contributed by atoms with E-state index in [1.54, 1.807) is 0 Å². The fourth-order valence-electron chi connectivity index (χ4n) is 3.36. The van der Waals surface area contributed by atoms with Gasteiger partial charge < -0.3 is 14.2 Å². The van der Waals surface area contributed by atoms with Gasteiger partial charge in [-0.2, -0.15) is 0 Å². The second kappa shape index (κ2) is 9.94. The predicted molar refractivity (Wildman–Crippen MR) is 115 cm³/mol. The van der Waals surface area contributed by atoms with Crippen molar-refractivity contribution < 1.29 is 14.2 Å². The molecular weight excluding hydrogens is 360 g/mol. The van der Waals surface area contributed by atoms with Crippen molar-refractivity contribution in [2.24, 2.45) is 0 Å². The Balaban J connectivity index is 1.31. The van der Waals surface area contributed by atoms with Crippen LogP contribution in [0, 0.1) is 0 Å². The van der Waals surface area contributed by atoms with Crippen molar-refractivity contribution in [1.29, 1.82) is 0 Å². The Morgan fingerprint density at radius 2 is 1.31 bits per heavy atom. The molecule has 2 unspecified atom stereocenters. The molecule has 3 nitrogen and oxygen atoms in total. The molecule has 3 aromatic rings. The molecule has 3 aromatic carbocycles. The molecule has 0 aromatic heterocycles. The van der Waals surface area contributed by atoms with E-state index >= 15 is 0 Å². The summed E-state index contributed by atoms with van der Waals surface area (Å²) in [6.07, 6.45) is 6.24. The Bertz CT molecular complexity index is 888. The van der Waals surface area contributed by atoms with E-state index in [1.165, 1.54) is 5.56 Å². The lowest BCUT2D eigenvalue weighted by Gasteiger charge is -2.28. The maximum atomic E-state index is 6.21. The predicted octanol–water partition coefficient (Wildman–Crippen LogP) is 5.95. The van der Waals surface area contributed by atoms with Crippen molar-refractivity contribution in [2.75, 3.05) is 0 Å². The number of hydrogen-bond donors (Lipinski definition) is 0. The first-order valence-corrected chi connectivity index (χ1v) is 10.1. The first kappa shape index (κ1) is 19.3. The van der Waals surface area contributed by atoms with Gasteiger partial charge in [0.25, 0.3) is 0 Å². The molecule has 1 aliphatic rings. The van der Waals surface area contributed by atoms with Crippen LogP contribution in [0.2, 0.25) is 0 Å². The highest BCUT2D eigenvalue weighted by molar-refractivity contribution is 5.32. The minimum atomic E-state index is -0.0800. The molecule has 0 spiro atoms. The van der Waals surface area contributed by atoms with E-state index in [1.807, 2.05) is 60.7 Å². The first-order valence-electron chi connectivity index (χ1n) is 10.1. The lowest BCUT2D eigenvalue weighted by Crippen LogP contribution is -2.34. The average Bonchev–Trinajstić information content (AvgIpc) is 2.79. The van der Waals surface area contributed by atoms with Crippen LogP contribution in [0.25, 0.3) is 0 Å². The summed E-state index contributed by atoms with van der Waals surface area (Å²) in [4.78, 5) is 0. The van der Waals surface area contributed by atoms with Crippen molar-refractivity contribution in [3.8, 4) is 11.5 Å². The SMILES string of the molecule is C1=CC(Oc2ccc(OCc3ccccc3)cc2)C(OCc2ccccc2)CC1. The topological polar surface area (TPSA) is 27.7 Å². The summed E-state index contributed by atoms with van der Waals surface area (Å²) in [7, 11) is 0. The van der Waals surface area contributed by atoms with Crippen LogP contribution in [0.1, 0.15) is 24.0 Å². The summed E-state index contributed by atoms with van der Waals surface area (Å²) in [6.45, 7) is 1.16. The molecule has 0 saturated carbocycles. The molecule has 0 amide bonds. The zero-order chi connectivity index (χ0) is 19.7. The highest BCUT2D eigenvalue weighted by Crippen LogP contribution is 2.25. The fraction of sp³-hybridized carbons (Fsp3) is 0.231. The molecule has 0 fully saturated rings. The smallest absolute Gasteiger partial charge is 0.143 e. The van der Waals surface area contributed by atoms with Crippen molar-refractivity contribution in [2.45, 2.75) is 38.3 Å². The van der Waals surface area contributed by atoms with Crippen LogP contribution in [0.3, 0.4) is 0 Å². The third-order valence-electron chi connectivity index (χ3n) is 4.96. The summed E-state index contributed by atoms with van der Waals surface area (Å²) in [5.74, 6) is 1.65. The van der Waals surface area contributed by atoms with Crippen LogP contribution in [-0.4, -0.2) is 12.2 Å². The minimum absolute atomic E-state index is 0.0502. The minimum Gasteiger partial charge on any atom is -0.489 e. The molecule has 2 atom stereocenters. The largest absolute Gasteiger partial charge is 0.489 e. The van der Waals surface area contributed by atoms with E-state index in [-0.39, 0.29) is 12.2 Å². The van der Waals surface area contributed by atoms with Gasteiger partial charge in [-0.3, -0.25) is 0 Å². The van der Waals surface area contributed by atoms with Crippen LogP contribution < -0.4 is 9.47 Å². The number of allylic oxidation sites excluding steroid dienone is 1. The molecular formula is C26H26O3. The third-order valence-corrected chi connectivity index (χ3v) is 4.96. The van der Waals surface area contributed by atoms with Gasteiger partial charge in [-0.05, 0) is 54.3 Å². The van der Waals surface area contributed by atoms with E-state index in [4.69, 9.17) is 14.2 Å². The van der Waals surface area contributed by atoms with Crippen LogP contribution >= 0.6 is 0 Å². The normalized spacial score (nSPS) is 18.3. The van der Waals surface area contributed by atoms with E-state index < -0.39 is 0 Å². The maximum Gasteiger partial charge on any atom is 0.143 e. The molecule has 3 heteroatoms. The quantitative estimate of drug-likeness (QED) is 0.448. The Labute approximate surface area is 172 Å². The monoisotopic (exact) mass is 386 g/mol. The van der Waals surface area contributed by atoms with Gasteiger partial charge in [-0.25, -0.2) is 0 Å². The summed E-state index contributed by atoms with van der Waals surface area (Å²) in [5, 5.41) is 0. The van der Waals surface area contributed by atoms with Crippen LogP contribution in [-0.2, 0) is 18.0 Å². The van der Waals surface area contributed by atoms with Gasteiger partial charge in [0, 0.05) is 0 Å². The summed E-state index contributed by atoms with van der Waals surface area (Å²) >= 11 is 0. The Morgan fingerprint density at radius 3 is 2.00 bits per heavy atom. The van der Waals surface area contributed by atoms with Crippen molar-refractivity contribution in [3.05, 3.63) is 108 Å². The third kappa shape index (κ3) is 5.72. The van der Waals surface area contributed by atoms with Gasteiger partial charge >= 0.3 is 0 Å².